The summed E-state index contributed by atoms with van der Waals surface area (Å²) >= 11 is 3.45. The standard InChI is InChI=1S/C13H17BrO2/c1-16-13-6-5-11(14)7-10(13)8-12(15)9-3-2-4-9/h5-7,9,12,15H,2-4,8H2,1H3. The number of ether oxygens (including phenoxy) is 1. The van der Waals surface area contributed by atoms with E-state index >= 15 is 0 Å². The Morgan fingerprint density at radius 2 is 2.25 bits per heavy atom. The molecule has 0 amide bonds. The third-order valence-corrected chi connectivity index (χ3v) is 3.86. The van der Waals surface area contributed by atoms with Gasteiger partial charge < -0.3 is 9.84 Å². The van der Waals surface area contributed by atoms with Crippen LogP contribution in [-0.4, -0.2) is 18.3 Å². The molecule has 1 aromatic carbocycles. The van der Waals surface area contributed by atoms with Crippen molar-refractivity contribution in [3.8, 4) is 5.75 Å². The van der Waals surface area contributed by atoms with Gasteiger partial charge in [-0.15, -0.1) is 0 Å². The van der Waals surface area contributed by atoms with Crippen molar-refractivity contribution in [2.24, 2.45) is 5.92 Å². The first-order valence-electron chi connectivity index (χ1n) is 5.71. The largest absolute Gasteiger partial charge is 0.496 e. The van der Waals surface area contributed by atoms with E-state index in [1.54, 1.807) is 7.11 Å². The van der Waals surface area contributed by atoms with E-state index in [9.17, 15) is 5.11 Å². The predicted molar refractivity (Wildman–Crippen MR) is 67.7 cm³/mol. The molecule has 0 aliphatic heterocycles. The number of hydrogen-bond acceptors (Lipinski definition) is 2. The second-order valence-electron chi connectivity index (χ2n) is 4.42. The molecule has 0 spiro atoms. The van der Waals surface area contributed by atoms with E-state index in [-0.39, 0.29) is 6.10 Å². The van der Waals surface area contributed by atoms with Crippen molar-refractivity contribution in [3.63, 3.8) is 0 Å². The summed E-state index contributed by atoms with van der Waals surface area (Å²) in [6, 6.07) is 5.92. The minimum Gasteiger partial charge on any atom is -0.496 e. The van der Waals surface area contributed by atoms with Crippen LogP contribution in [0.25, 0.3) is 0 Å². The van der Waals surface area contributed by atoms with Crippen LogP contribution in [0.1, 0.15) is 24.8 Å². The monoisotopic (exact) mass is 284 g/mol. The van der Waals surface area contributed by atoms with Crippen molar-refractivity contribution in [1.29, 1.82) is 0 Å². The lowest BCUT2D eigenvalue weighted by molar-refractivity contribution is 0.0625. The molecule has 3 heteroatoms. The lowest BCUT2D eigenvalue weighted by Gasteiger charge is -2.30. The number of rotatable bonds is 4. The molecule has 1 unspecified atom stereocenters. The van der Waals surface area contributed by atoms with Gasteiger partial charge in [0.1, 0.15) is 5.75 Å². The van der Waals surface area contributed by atoms with Crippen LogP contribution >= 0.6 is 15.9 Å². The van der Waals surface area contributed by atoms with Gasteiger partial charge in [0.15, 0.2) is 0 Å². The molecule has 2 nitrogen and oxygen atoms in total. The molecule has 2 rings (SSSR count). The van der Waals surface area contributed by atoms with Crippen molar-refractivity contribution in [2.45, 2.75) is 31.8 Å². The SMILES string of the molecule is COc1ccc(Br)cc1CC(O)C1CCC1. The van der Waals surface area contributed by atoms with Crippen molar-refractivity contribution in [2.75, 3.05) is 7.11 Å². The first kappa shape index (κ1) is 11.9. The molecule has 0 aromatic heterocycles. The van der Waals surface area contributed by atoms with E-state index in [2.05, 4.69) is 15.9 Å². The third kappa shape index (κ3) is 2.58. The Morgan fingerprint density at radius 3 is 2.81 bits per heavy atom. The average molecular weight is 285 g/mol. The molecule has 1 aliphatic carbocycles. The van der Waals surface area contributed by atoms with Gasteiger partial charge in [0.25, 0.3) is 0 Å². The van der Waals surface area contributed by atoms with Crippen LogP contribution in [0.15, 0.2) is 22.7 Å². The molecule has 1 fully saturated rings. The molecule has 1 aromatic rings. The fraction of sp³-hybridized carbons (Fsp3) is 0.538. The number of aliphatic hydroxyl groups is 1. The Morgan fingerprint density at radius 1 is 1.50 bits per heavy atom. The highest BCUT2D eigenvalue weighted by atomic mass is 79.9. The van der Waals surface area contributed by atoms with E-state index in [0.29, 0.717) is 12.3 Å². The van der Waals surface area contributed by atoms with Gasteiger partial charge in [0.2, 0.25) is 0 Å². The van der Waals surface area contributed by atoms with Gasteiger partial charge in [0, 0.05) is 10.9 Å². The van der Waals surface area contributed by atoms with E-state index in [0.717, 1.165) is 28.6 Å². The fourth-order valence-corrected chi connectivity index (χ4v) is 2.53. The summed E-state index contributed by atoms with van der Waals surface area (Å²) in [6.07, 6.45) is 4.05. The average Bonchev–Trinajstić information content (AvgIpc) is 2.15. The Kier molecular flexibility index (Phi) is 3.87. The van der Waals surface area contributed by atoms with Crippen LogP contribution in [-0.2, 0) is 6.42 Å². The summed E-state index contributed by atoms with van der Waals surface area (Å²) in [4.78, 5) is 0. The van der Waals surface area contributed by atoms with Gasteiger partial charge in [-0.3, -0.25) is 0 Å². The van der Waals surface area contributed by atoms with Gasteiger partial charge in [0.05, 0.1) is 13.2 Å². The Balaban J connectivity index is 2.09. The first-order chi connectivity index (χ1) is 7.70. The highest BCUT2D eigenvalue weighted by molar-refractivity contribution is 9.10. The summed E-state index contributed by atoms with van der Waals surface area (Å²) in [7, 11) is 1.67. The van der Waals surface area contributed by atoms with Crippen LogP contribution in [0.5, 0.6) is 5.75 Å². The van der Waals surface area contributed by atoms with Gasteiger partial charge >= 0.3 is 0 Å². The molecule has 88 valence electrons. The topological polar surface area (TPSA) is 29.5 Å². The van der Waals surface area contributed by atoms with Crippen LogP contribution in [0.4, 0.5) is 0 Å². The van der Waals surface area contributed by atoms with E-state index in [1.807, 2.05) is 18.2 Å². The number of aliphatic hydroxyl groups excluding tert-OH is 1. The van der Waals surface area contributed by atoms with Gasteiger partial charge in [-0.2, -0.15) is 0 Å². The maximum Gasteiger partial charge on any atom is 0.122 e. The lowest BCUT2D eigenvalue weighted by atomic mass is 9.79. The molecule has 0 bridgehead atoms. The van der Waals surface area contributed by atoms with Crippen molar-refractivity contribution in [1.82, 2.24) is 0 Å². The molecule has 1 atom stereocenters. The highest BCUT2D eigenvalue weighted by Crippen LogP contribution is 2.33. The third-order valence-electron chi connectivity index (χ3n) is 3.37. The summed E-state index contributed by atoms with van der Waals surface area (Å²) in [6.45, 7) is 0. The molecule has 1 aliphatic rings. The summed E-state index contributed by atoms with van der Waals surface area (Å²) in [5.74, 6) is 1.35. The van der Waals surface area contributed by atoms with Crippen molar-refractivity contribution >= 4 is 15.9 Å². The zero-order valence-electron chi connectivity index (χ0n) is 9.45. The van der Waals surface area contributed by atoms with Crippen LogP contribution < -0.4 is 4.74 Å². The van der Waals surface area contributed by atoms with Crippen LogP contribution in [0, 0.1) is 5.92 Å². The zero-order valence-corrected chi connectivity index (χ0v) is 11.0. The minimum absolute atomic E-state index is 0.225. The Hall–Kier alpha value is -0.540. The normalized spacial score (nSPS) is 17.9. The second-order valence-corrected chi connectivity index (χ2v) is 5.33. The molecule has 0 radical (unpaired) electrons. The molecular weight excluding hydrogens is 268 g/mol. The van der Waals surface area contributed by atoms with Gasteiger partial charge in [-0.05, 0) is 42.5 Å². The summed E-state index contributed by atoms with van der Waals surface area (Å²) in [5.41, 5.74) is 1.08. The molecule has 1 N–H and O–H groups in total. The maximum absolute atomic E-state index is 10.1. The number of methoxy groups -OCH3 is 1. The maximum atomic E-state index is 10.1. The first-order valence-corrected chi connectivity index (χ1v) is 6.50. The molecular formula is C13H17BrO2. The van der Waals surface area contributed by atoms with Crippen molar-refractivity contribution in [3.05, 3.63) is 28.2 Å². The lowest BCUT2D eigenvalue weighted by Crippen LogP contribution is -2.28. The number of benzene rings is 1. The van der Waals surface area contributed by atoms with E-state index in [1.165, 1.54) is 6.42 Å². The van der Waals surface area contributed by atoms with Crippen LogP contribution in [0.2, 0.25) is 0 Å². The second kappa shape index (κ2) is 5.19. The number of hydrogen-bond donors (Lipinski definition) is 1. The molecule has 0 heterocycles. The van der Waals surface area contributed by atoms with Gasteiger partial charge in [-0.1, -0.05) is 22.4 Å². The summed E-state index contributed by atoms with van der Waals surface area (Å²) < 4.78 is 6.33. The van der Waals surface area contributed by atoms with Gasteiger partial charge in [-0.25, -0.2) is 0 Å². The quantitative estimate of drug-likeness (QED) is 0.920. The molecule has 0 saturated heterocycles. The van der Waals surface area contributed by atoms with E-state index in [4.69, 9.17) is 4.74 Å². The number of halogens is 1. The Labute approximate surface area is 105 Å². The predicted octanol–water partition coefficient (Wildman–Crippen LogP) is 3.16. The Bertz CT molecular complexity index is 361. The smallest absolute Gasteiger partial charge is 0.122 e. The molecule has 16 heavy (non-hydrogen) atoms. The van der Waals surface area contributed by atoms with Crippen LogP contribution in [0.3, 0.4) is 0 Å². The summed E-state index contributed by atoms with van der Waals surface area (Å²) in [5, 5.41) is 10.1. The minimum atomic E-state index is -0.225. The zero-order chi connectivity index (χ0) is 11.5. The molecule has 1 saturated carbocycles. The van der Waals surface area contributed by atoms with Crippen molar-refractivity contribution < 1.29 is 9.84 Å². The van der Waals surface area contributed by atoms with E-state index < -0.39 is 0 Å². The fourth-order valence-electron chi connectivity index (χ4n) is 2.12. The highest BCUT2D eigenvalue weighted by Gasteiger charge is 2.26.